The van der Waals surface area contributed by atoms with E-state index in [1.807, 2.05) is 6.07 Å². The molecule has 116 valence electrons. The van der Waals surface area contributed by atoms with Gasteiger partial charge >= 0.3 is 0 Å². The van der Waals surface area contributed by atoms with Crippen molar-refractivity contribution in [2.24, 2.45) is 5.92 Å². The number of benzene rings is 1. The Labute approximate surface area is 135 Å². The monoisotopic (exact) mass is 314 g/mol. The van der Waals surface area contributed by atoms with Gasteiger partial charge in [-0.1, -0.05) is 30.3 Å². The van der Waals surface area contributed by atoms with Crippen molar-refractivity contribution in [1.82, 2.24) is 10.6 Å². The molecular weight excluding hydrogens is 292 g/mol. The zero-order valence-electron chi connectivity index (χ0n) is 12.8. The van der Waals surface area contributed by atoms with Gasteiger partial charge in [-0.05, 0) is 48.9 Å². The maximum absolute atomic E-state index is 12.5. The second-order valence-corrected chi connectivity index (χ2v) is 6.86. The quantitative estimate of drug-likeness (QED) is 0.890. The van der Waals surface area contributed by atoms with Gasteiger partial charge < -0.3 is 10.6 Å². The summed E-state index contributed by atoms with van der Waals surface area (Å²) in [5, 5.41) is 8.65. The van der Waals surface area contributed by atoms with Gasteiger partial charge in [0, 0.05) is 11.4 Å². The van der Waals surface area contributed by atoms with E-state index in [4.69, 9.17) is 0 Å². The molecule has 0 radical (unpaired) electrons. The van der Waals surface area contributed by atoms with E-state index in [0.29, 0.717) is 0 Å². The van der Waals surface area contributed by atoms with E-state index in [-0.39, 0.29) is 17.9 Å². The minimum Gasteiger partial charge on any atom is -0.348 e. The van der Waals surface area contributed by atoms with Crippen molar-refractivity contribution in [2.75, 3.05) is 13.1 Å². The first-order valence-electron chi connectivity index (χ1n) is 7.83. The van der Waals surface area contributed by atoms with Gasteiger partial charge in [-0.3, -0.25) is 4.79 Å². The highest BCUT2D eigenvalue weighted by Gasteiger charge is 2.26. The van der Waals surface area contributed by atoms with E-state index in [9.17, 15) is 4.79 Å². The number of carbonyl (C=O) groups excluding carboxylic acids is 1. The average Bonchev–Trinajstić information content (AvgIpc) is 3.19. The molecule has 1 amide bonds. The summed E-state index contributed by atoms with van der Waals surface area (Å²) in [4.78, 5) is 13.8. The zero-order valence-corrected chi connectivity index (χ0v) is 13.7. The molecule has 0 saturated carbocycles. The second kappa shape index (κ2) is 7.07. The molecule has 0 bridgehead atoms. The number of carbonyl (C=O) groups is 1. The van der Waals surface area contributed by atoms with Crippen LogP contribution in [-0.4, -0.2) is 19.0 Å². The van der Waals surface area contributed by atoms with Gasteiger partial charge in [0.05, 0.1) is 12.0 Å². The van der Waals surface area contributed by atoms with Crippen LogP contribution in [0.25, 0.3) is 0 Å². The minimum absolute atomic E-state index is 0.0653. The van der Waals surface area contributed by atoms with Crippen molar-refractivity contribution < 1.29 is 4.79 Å². The molecule has 2 atom stereocenters. The summed E-state index contributed by atoms with van der Waals surface area (Å²) < 4.78 is 0. The Bertz CT molecular complexity index is 617. The molecule has 1 saturated heterocycles. The lowest BCUT2D eigenvalue weighted by Crippen LogP contribution is -2.35. The van der Waals surface area contributed by atoms with E-state index in [0.717, 1.165) is 25.9 Å². The van der Waals surface area contributed by atoms with Crippen LogP contribution in [0.4, 0.5) is 0 Å². The Hall–Kier alpha value is -1.65. The van der Waals surface area contributed by atoms with Gasteiger partial charge in [0.15, 0.2) is 0 Å². The van der Waals surface area contributed by atoms with Crippen LogP contribution in [0, 0.1) is 12.8 Å². The first kappa shape index (κ1) is 15.3. The molecule has 1 aliphatic rings. The molecule has 4 heteroatoms. The smallest absolute Gasteiger partial charge is 0.224 e. The first-order valence-corrected chi connectivity index (χ1v) is 8.71. The van der Waals surface area contributed by atoms with E-state index in [1.54, 1.807) is 11.3 Å². The number of thiophene rings is 1. The number of aryl methyl sites for hydroxylation is 1. The van der Waals surface area contributed by atoms with Crippen LogP contribution >= 0.6 is 11.3 Å². The molecule has 2 N–H and O–H groups in total. The topological polar surface area (TPSA) is 41.1 Å². The van der Waals surface area contributed by atoms with Crippen molar-refractivity contribution >= 4 is 17.2 Å². The average molecular weight is 314 g/mol. The van der Waals surface area contributed by atoms with Crippen LogP contribution in [0.2, 0.25) is 0 Å². The summed E-state index contributed by atoms with van der Waals surface area (Å²) in [5.41, 5.74) is 2.51. The highest BCUT2D eigenvalue weighted by molar-refractivity contribution is 7.10. The lowest BCUT2D eigenvalue weighted by Gasteiger charge is -2.21. The fraction of sp³-hybridized carbons (Fsp3) is 0.389. The zero-order chi connectivity index (χ0) is 15.4. The Kier molecular flexibility index (Phi) is 4.90. The largest absolute Gasteiger partial charge is 0.348 e. The predicted octanol–water partition coefficient (Wildman–Crippen LogP) is 3.07. The summed E-state index contributed by atoms with van der Waals surface area (Å²) in [5.74, 6) is 0.289. The lowest BCUT2D eigenvalue weighted by molar-refractivity contribution is -0.125. The van der Waals surface area contributed by atoms with E-state index in [1.165, 1.54) is 16.0 Å². The SMILES string of the molecule is Cc1ccsc1C(Cc1ccccc1)NC(=O)C1CCNC1. The van der Waals surface area contributed by atoms with Gasteiger partial charge in [-0.2, -0.15) is 0 Å². The van der Waals surface area contributed by atoms with Gasteiger partial charge in [0.2, 0.25) is 5.91 Å². The van der Waals surface area contributed by atoms with Crippen LogP contribution in [0.1, 0.15) is 28.5 Å². The van der Waals surface area contributed by atoms with Gasteiger partial charge in [-0.15, -0.1) is 11.3 Å². The van der Waals surface area contributed by atoms with Crippen molar-refractivity contribution in [3.05, 3.63) is 57.8 Å². The van der Waals surface area contributed by atoms with E-state index in [2.05, 4.69) is 53.3 Å². The maximum Gasteiger partial charge on any atom is 0.224 e. The Balaban J connectivity index is 1.77. The molecule has 1 aromatic carbocycles. The van der Waals surface area contributed by atoms with Crippen LogP contribution in [0.3, 0.4) is 0 Å². The van der Waals surface area contributed by atoms with Crippen LogP contribution < -0.4 is 10.6 Å². The van der Waals surface area contributed by atoms with Crippen LogP contribution in [-0.2, 0) is 11.2 Å². The highest BCUT2D eigenvalue weighted by Crippen LogP contribution is 2.27. The van der Waals surface area contributed by atoms with Gasteiger partial charge in [0.25, 0.3) is 0 Å². The Morgan fingerprint density at radius 1 is 1.36 bits per heavy atom. The molecule has 22 heavy (non-hydrogen) atoms. The van der Waals surface area contributed by atoms with E-state index < -0.39 is 0 Å². The first-order chi connectivity index (χ1) is 10.7. The molecule has 2 aromatic rings. The van der Waals surface area contributed by atoms with Crippen molar-refractivity contribution in [3.63, 3.8) is 0 Å². The van der Waals surface area contributed by atoms with Gasteiger partial charge in [0.1, 0.15) is 0 Å². The molecule has 2 unspecified atom stereocenters. The molecular formula is C18H22N2OS. The molecule has 1 aliphatic heterocycles. The summed E-state index contributed by atoms with van der Waals surface area (Å²) in [6.07, 6.45) is 1.78. The highest BCUT2D eigenvalue weighted by atomic mass is 32.1. The van der Waals surface area contributed by atoms with Crippen LogP contribution in [0.5, 0.6) is 0 Å². The molecule has 3 rings (SSSR count). The number of hydrogen-bond acceptors (Lipinski definition) is 3. The third-order valence-electron chi connectivity index (χ3n) is 4.25. The number of amides is 1. The third-order valence-corrected chi connectivity index (χ3v) is 5.38. The maximum atomic E-state index is 12.5. The van der Waals surface area contributed by atoms with E-state index >= 15 is 0 Å². The Morgan fingerprint density at radius 3 is 2.82 bits per heavy atom. The molecule has 2 heterocycles. The van der Waals surface area contributed by atoms with Crippen molar-refractivity contribution in [2.45, 2.75) is 25.8 Å². The number of rotatable bonds is 5. The summed E-state index contributed by atoms with van der Waals surface area (Å²) in [6.45, 7) is 3.86. The lowest BCUT2D eigenvalue weighted by atomic mass is 10.0. The third kappa shape index (κ3) is 3.57. The van der Waals surface area contributed by atoms with Crippen molar-refractivity contribution in [1.29, 1.82) is 0 Å². The van der Waals surface area contributed by atoms with Gasteiger partial charge in [-0.25, -0.2) is 0 Å². The predicted molar refractivity (Wildman–Crippen MR) is 91.1 cm³/mol. The van der Waals surface area contributed by atoms with Crippen LogP contribution in [0.15, 0.2) is 41.8 Å². The molecule has 1 aromatic heterocycles. The minimum atomic E-state index is 0.0653. The second-order valence-electron chi connectivity index (χ2n) is 5.91. The molecule has 3 nitrogen and oxygen atoms in total. The standard InChI is InChI=1S/C18H22N2OS/c1-13-8-10-22-17(13)16(11-14-5-3-2-4-6-14)20-18(21)15-7-9-19-12-15/h2-6,8,10,15-16,19H,7,9,11-12H2,1H3,(H,20,21). The fourth-order valence-corrected chi connectivity index (χ4v) is 3.95. The van der Waals surface area contributed by atoms with Crippen molar-refractivity contribution in [3.8, 4) is 0 Å². The summed E-state index contributed by atoms with van der Waals surface area (Å²) in [6, 6.07) is 12.6. The summed E-state index contributed by atoms with van der Waals surface area (Å²) >= 11 is 1.73. The summed E-state index contributed by atoms with van der Waals surface area (Å²) in [7, 11) is 0. The fourth-order valence-electron chi connectivity index (χ4n) is 2.97. The normalized spacial score (nSPS) is 19.0. The number of hydrogen-bond donors (Lipinski definition) is 2. The Morgan fingerprint density at radius 2 is 2.18 bits per heavy atom. The number of nitrogens with one attached hydrogen (secondary N) is 2. The molecule has 0 spiro atoms. The molecule has 0 aliphatic carbocycles. The molecule has 1 fully saturated rings.